The lowest BCUT2D eigenvalue weighted by atomic mass is 10.2. The van der Waals surface area contributed by atoms with Crippen molar-refractivity contribution in [1.29, 1.82) is 0 Å². The summed E-state index contributed by atoms with van der Waals surface area (Å²) in [6.07, 6.45) is 4.87. The van der Waals surface area contributed by atoms with Crippen LogP contribution >= 0.6 is 0 Å². The van der Waals surface area contributed by atoms with E-state index >= 15 is 0 Å². The second-order valence-electron chi connectivity index (χ2n) is 5.28. The van der Waals surface area contributed by atoms with Crippen LogP contribution in [0.5, 0.6) is 0 Å². The molecule has 0 aliphatic rings. The second-order valence-corrected chi connectivity index (χ2v) is 5.28. The number of anilines is 1. The van der Waals surface area contributed by atoms with Crippen molar-refractivity contribution >= 4 is 11.6 Å². The van der Waals surface area contributed by atoms with Crippen LogP contribution in [-0.2, 0) is 0 Å². The molecule has 2 aromatic heterocycles. The van der Waals surface area contributed by atoms with Gasteiger partial charge in [-0.25, -0.2) is 9.97 Å². The first-order valence-corrected chi connectivity index (χ1v) is 7.26. The van der Waals surface area contributed by atoms with Gasteiger partial charge >= 0.3 is 0 Å². The summed E-state index contributed by atoms with van der Waals surface area (Å²) in [7, 11) is 0. The summed E-state index contributed by atoms with van der Waals surface area (Å²) in [5, 5.41) is 2.83. The Bertz CT molecular complexity index is 852. The molecule has 116 valence electrons. The lowest BCUT2D eigenvalue weighted by molar-refractivity contribution is 0.102. The molecule has 0 aliphatic heterocycles. The van der Waals surface area contributed by atoms with Gasteiger partial charge in [0.15, 0.2) is 0 Å². The minimum atomic E-state index is -0.266. The summed E-state index contributed by atoms with van der Waals surface area (Å²) in [5.74, 6) is -0.266. The molecule has 0 fully saturated rings. The average molecular weight is 307 g/mol. The Morgan fingerprint density at radius 3 is 2.26 bits per heavy atom. The number of nitrogens with zero attached hydrogens (tertiary/aromatic N) is 4. The summed E-state index contributed by atoms with van der Waals surface area (Å²) in [4.78, 5) is 24.7. The lowest BCUT2D eigenvalue weighted by Crippen LogP contribution is -2.15. The Morgan fingerprint density at radius 1 is 0.957 bits per heavy atom. The molecule has 3 rings (SSSR count). The normalized spacial score (nSPS) is 10.6. The number of rotatable bonds is 3. The number of carbonyl (C=O) groups is 1. The van der Waals surface area contributed by atoms with E-state index < -0.39 is 0 Å². The van der Waals surface area contributed by atoms with Gasteiger partial charge in [-0.05, 0) is 45.0 Å². The average Bonchev–Trinajstić information content (AvgIpc) is 2.88. The number of imidazole rings is 1. The summed E-state index contributed by atoms with van der Waals surface area (Å²) in [6, 6.07) is 7.59. The highest BCUT2D eigenvalue weighted by Gasteiger charge is 2.11. The zero-order valence-corrected chi connectivity index (χ0v) is 13.2. The van der Waals surface area contributed by atoms with Gasteiger partial charge in [0, 0.05) is 29.5 Å². The van der Waals surface area contributed by atoms with Crippen LogP contribution in [0.15, 0.2) is 43.0 Å². The van der Waals surface area contributed by atoms with Gasteiger partial charge in [-0.3, -0.25) is 9.78 Å². The Kier molecular flexibility index (Phi) is 3.89. The van der Waals surface area contributed by atoms with Gasteiger partial charge in [0.25, 0.3) is 5.91 Å². The maximum atomic E-state index is 12.2. The SMILES string of the molecule is Cc1nccnc1C(=O)Nc1ccc(-n2cnc(C)c2C)cc1. The van der Waals surface area contributed by atoms with E-state index in [4.69, 9.17) is 0 Å². The highest BCUT2D eigenvalue weighted by atomic mass is 16.1. The van der Waals surface area contributed by atoms with Gasteiger partial charge in [-0.1, -0.05) is 0 Å². The Morgan fingerprint density at radius 2 is 1.65 bits per heavy atom. The number of nitrogens with one attached hydrogen (secondary N) is 1. The van der Waals surface area contributed by atoms with E-state index in [1.807, 2.05) is 42.7 Å². The Labute approximate surface area is 134 Å². The third-order valence-corrected chi connectivity index (χ3v) is 3.75. The molecule has 0 atom stereocenters. The van der Waals surface area contributed by atoms with Crippen LogP contribution in [0.25, 0.3) is 5.69 Å². The molecule has 0 spiro atoms. The van der Waals surface area contributed by atoms with Crippen LogP contribution in [-0.4, -0.2) is 25.4 Å². The van der Waals surface area contributed by atoms with Crippen LogP contribution in [0, 0.1) is 20.8 Å². The number of hydrogen-bond donors (Lipinski definition) is 1. The number of hydrogen-bond acceptors (Lipinski definition) is 4. The number of carbonyl (C=O) groups excluding carboxylic acids is 1. The topological polar surface area (TPSA) is 72.7 Å². The van der Waals surface area contributed by atoms with Gasteiger partial charge < -0.3 is 9.88 Å². The monoisotopic (exact) mass is 307 g/mol. The fraction of sp³-hybridized carbons (Fsp3) is 0.176. The molecule has 0 bridgehead atoms. The van der Waals surface area contributed by atoms with Crippen molar-refractivity contribution < 1.29 is 4.79 Å². The van der Waals surface area contributed by atoms with Crippen LogP contribution < -0.4 is 5.32 Å². The number of aryl methyl sites for hydroxylation is 2. The van der Waals surface area contributed by atoms with Crippen molar-refractivity contribution in [3.63, 3.8) is 0 Å². The van der Waals surface area contributed by atoms with E-state index in [9.17, 15) is 4.79 Å². The summed E-state index contributed by atoms with van der Waals surface area (Å²) < 4.78 is 2.01. The van der Waals surface area contributed by atoms with Gasteiger partial charge in [0.05, 0.1) is 17.7 Å². The first-order chi connectivity index (χ1) is 11.1. The number of aromatic nitrogens is 4. The maximum Gasteiger partial charge on any atom is 0.276 e. The predicted octanol–water partition coefficient (Wildman–Crippen LogP) is 2.84. The predicted molar refractivity (Wildman–Crippen MR) is 87.8 cm³/mol. The zero-order chi connectivity index (χ0) is 16.4. The van der Waals surface area contributed by atoms with Gasteiger partial charge in [0.1, 0.15) is 5.69 Å². The molecule has 3 aromatic rings. The molecule has 1 aromatic carbocycles. The van der Waals surface area contributed by atoms with Crippen molar-refractivity contribution in [2.75, 3.05) is 5.32 Å². The molecular weight excluding hydrogens is 290 g/mol. The standard InChI is InChI=1S/C17H17N5O/c1-11-13(3)22(10-20-11)15-6-4-14(5-7-15)21-17(23)16-12(2)18-8-9-19-16/h4-10H,1-3H3,(H,21,23). The summed E-state index contributed by atoms with van der Waals surface area (Å²) >= 11 is 0. The fourth-order valence-electron chi connectivity index (χ4n) is 2.29. The summed E-state index contributed by atoms with van der Waals surface area (Å²) in [6.45, 7) is 5.76. The second kappa shape index (κ2) is 6.00. The molecule has 0 unspecified atom stereocenters. The quantitative estimate of drug-likeness (QED) is 0.807. The highest BCUT2D eigenvalue weighted by molar-refractivity contribution is 6.03. The molecule has 6 heteroatoms. The smallest absolute Gasteiger partial charge is 0.276 e. The largest absolute Gasteiger partial charge is 0.321 e. The van der Waals surface area contributed by atoms with E-state index in [-0.39, 0.29) is 5.91 Å². The molecule has 23 heavy (non-hydrogen) atoms. The van der Waals surface area contributed by atoms with E-state index in [1.165, 1.54) is 6.20 Å². The van der Waals surface area contributed by atoms with Crippen molar-refractivity contribution in [3.8, 4) is 5.69 Å². The molecule has 0 saturated carbocycles. The van der Waals surface area contributed by atoms with Crippen LogP contribution in [0.3, 0.4) is 0 Å². The van der Waals surface area contributed by atoms with Crippen LogP contribution in [0.2, 0.25) is 0 Å². The molecule has 1 amide bonds. The van der Waals surface area contributed by atoms with Crippen LogP contribution in [0.4, 0.5) is 5.69 Å². The Balaban J connectivity index is 1.79. The molecule has 6 nitrogen and oxygen atoms in total. The third-order valence-electron chi connectivity index (χ3n) is 3.75. The first-order valence-electron chi connectivity index (χ1n) is 7.26. The fourth-order valence-corrected chi connectivity index (χ4v) is 2.29. The Hall–Kier alpha value is -3.02. The van der Waals surface area contributed by atoms with Crippen LogP contribution in [0.1, 0.15) is 27.6 Å². The van der Waals surface area contributed by atoms with E-state index in [0.29, 0.717) is 17.1 Å². The van der Waals surface area contributed by atoms with Gasteiger partial charge in [0.2, 0.25) is 0 Å². The summed E-state index contributed by atoms with van der Waals surface area (Å²) in [5.41, 5.74) is 4.73. The zero-order valence-electron chi connectivity index (χ0n) is 13.2. The van der Waals surface area contributed by atoms with Gasteiger partial charge in [-0.15, -0.1) is 0 Å². The molecule has 1 N–H and O–H groups in total. The van der Waals surface area contributed by atoms with E-state index in [1.54, 1.807) is 19.4 Å². The third kappa shape index (κ3) is 2.96. The van der Waals surface area contributed by atoms with E-state index in [2.05, 4.69) is 20.3 Å². The molecule has 2 heterocycles. The molecule has 0 radical (unpaired) electrons. The molecular formula is C17H17N5O. The van der Waals surface area contributed by atoms with Gasteiger partial charge in [-0.2, -0.15) is 0 Å². The van der Waals surface area contributed by atoms with Crippen molar-refractivity contribution in [1.82, 2.24) is 19.5 Å². The van der Waals surface area contributed by atoms with Crippen molar-refractivity contribution in [3.05, 3.63) is 65.8 Å². The van der Waals surface area contributed by atoms with Crippen molar-refractivity contribution in [2.24, 2.45) is 0 Å². The lowest BCUT2D eigenvalue weighted by Gasteiger charge is -2.09. The van der Waals surface area contributed by atoms with E-state index in [0.717, 1.165) is 17.1 Å². The number of amides is 1. The maximum absolute atomic E-state index is 12.2. The minimum Gasteiger partial charge on any atom is -0.321 e. The molecule has 0 saturated heterocycles. The number of benzene rings is 1. The molecule has 0 aliphatic carbocycles. The van der Waals surface area contributed by atoms with Crippen molar-refractivity contribution in [2.45, 2.75) is 20.8 Å². The highest BCUT2D eigenvalue weighted by Crippen LogP contribution is 2.17. The first kappa shape index (κ1) is 14.9. The minimum absolute atomic E-state index is 0.266.